The second-order valence-corrected chi connectivity index (χ2v) is 11.1. The van der Waals surface area contributed by atoms with Crippen molar-refractivity contribution in [1.82, 2.24) is 14.5 Å². The molecule has 0 aliphatic carbocycles. The molecule has 0 unspecified atom stereocenters. The minimum absolute atomic E-state index is 0.0897. The molecule has 3 heterocycles. The molecule has 3 aromatic carbocycles. The highest BCUT2D eigenvalue weighted by atomic mass is 127. The van der Waals surface area contributed by atoms with Gasteiger partial charge in [0.05, 0.1) is 22.1 Å². The van der Waals surface area contributed by atoms with Gasteiger partial charge in [-0.1, -0.05) is 54.6 Å². The number of benzene rings is 3. The van der Waals surface area contributed by atoms with Crippen molar-refractivity contribution in [2.75, 3.05) is 6.61 Å². The van der Waals surface area contributed by atoms with E-state index in [-0.39, 0.29) is 23.6 Å². The molecule has 0 bridgehead atoms. The van der Waals surface area contributed by atoms with E-state index >= 15 is 0 Å². The highest BCUT2D eigenvalue weighted by molar-refractivity contribution is 14.1. The minimum Gasteiger partial charge on any atom is -0.459 e. The Hall–Kier alpha value is -5.31. The van der Waals surface area contributed by atoms with Crippen molar-refractivity contribution < 1.29 is 33.3 Å². The van der Waals surface area contributed by atoms with Gasteiger partial charge in [-0.3, -0.25) is 0 Å². The first-order valence-corrected chi connectivity index (χ1v) is 15.0. The van der Waals surface area contributed by atoms with Crippen LogP contribution in [-0.2, 0) is 18.9 Å². The molecule has 1 aliphatic rings. The Balaban J connectivity index is 1.41. The van der Waals surface area contributed by atoms with Crippen LogP contribution in [0.3, 0.4) is 0 Å². The van der Waals surface area contributed by atoms with E-state index in [1.54, 1.807) is 102 Å². The van der Waals surface area contributed by atoms with Crippen LogP contribution in [-0.4, -0.2) is 57.4 Å². The number of hydrogen-bond acceptors (Lipinski definition) is 10. The third kappa shape index (κ3) is 6.40. The van der Waals surface area contributed by atoms with E-state index in [0.717, 1.165) is 0 Å². The maximum Gasteiger partial charge on any atom is 0.338 e. The summed E-state index contributed by atoms with van der Waals surface area (Å²) in [5, 5.41) is 4.12. The Morgan fingerprint density at radius 1 is 0.826 bits per heavy atom. The maximum atomic E-state index is 13.4. The number of esters is 3. The first-order chi connectivity index (χ1) is 22.4. The summed E-state index contributed by atoms with van der Waals surface area (Å²) in [6.45, 7) is -0.342. The molecular formula is C32H23IN6O7. The number of ether oxygens (including phenoxy) is 4. The highest BCUT2D eigenvalue weighted by Gasteiger charge is 2.52. The molecule has 4 atom stereocenters. The van der Waals surface area contributed by atoms with Crippen molar-refractivity contribution in [2.24, 2.45) is 5.11 Å². The summed E-state index contributed by atoms with van der Waals surface area (Å²) in [6, 6.07) is 25.0. The zero-order valence-corrected chi connectivity index (χ0v) is 25.9. The number of hydrogen-bond donors (Lipinski definition) is 0. The molecule has 5 aromatic rings. The smallest absolute Gasteiger partial charge is 0.338 e. The summed E-state index contributed by atoms with van der Waals surface area (Å²) in [5.74, 6) is -1.93. The van der Waals surface area contributed by atoms with Crippen LogP contribution in [0.25, 0.3) is 21.5 Å². The third-order valence-corrected chi connectivity index (χ3v) is 7.95. The summed E-state index contributed by atoms with van der Waals surface area (Å²) >= 11 is 2.04. The number of aromatic nitrogens is 3. The molecule has 14 heteroatoms. The lowest BCUT2D eigenvalue weighted by molar-refractivity contribution is -0.0604. The maximum absolute atomic E-state index is 13.4. The largest absolute Gasteiger partial charge is 0.459 e. The van der Waals surface area contributed by atoms with Crippen molar-refractivity contribution in [1.29, 1.82) is 0 Å². The second kappa shape index (κ2) is 13.8. The molecule has 6 rings (SSSR count). The quantitative estimate of drug-likeness (QED) is 0.0429. The van der Waals surface area contributed by atoms with E-state index in [1.165, 1.54) is 6.33 Å². The highest BCUT2D eigenvalue weighted by Crippen LogP contribution is 2.39. The van der Waals surface area contributed by atoms with Crippen LogP contribution in [0.1, 0.15) is 37.3 Å². The van der Waals surface area contributed by atoms with Crippen molar-refractivity contribution >= 4 is 57.4 Å². The number of fused-ring (bicyclic) bond motifs is 1. The van der Waals surface area contributed by atoms with Gasteiger partial charge >= 0.3 is 17.9 Å². The van der Waals surface area contributed by atoms with Gasteiger partial charge in [-0.05, 0) is 69.6 Å². The molecule has 2 aromatic heterocycles. The van der Waals surface area contributed by atoms with Crippen LogP contribution in [0, 0.1) is 3.57 Å². The number of halogens is 1. The number of nitrogens with zero attached hydrogens (tertiary/aromatic N) is 6. The van der Waals surface area contributed by atoms with Crippen LogP contribution < -0.4 is 0 Å². The average molecular weight is 730 g/mol. The standard InChI is InChI=1S/C32H23IN6O7/c33-22-16-39(28-24(22)27(37-38-34)35-18-36-28)29-26(46-32(42)21-14-8-3-9-15-21)25(45-31(41)20-12-6-2-7-13-20)23(44-29)17-43-30(40)19-10-4-1-5-11-19/h1-16,18,23,25-26,29H,17H2/t23-,25-,26-,29-/m1/s1. The molecule has 0 radical (unpaired) electrons. The molecule has 0 N–H and O–H groups in total. The Kier molecular flexibility index (Phi) is 9.19. The number of carbonyl (C=O) groups excluding carboxylic acids is 3. The van der Waals surface area contributed by atoms with E-state index in [4.69, 9.17) is 24.5 Å². The first-order valence-electron chi connectivity index (χ1n) is 13.9. The van der Waals surface area contributed by atoms with Gasteiger partial charge in [0.15, 0.2) is 18.4 Å². The Labute approximate surface area is 274 Å². The molecule has 1 fully saturated rings. The van der Waals surface area contributed by atoms with E-state index in [9.17, 15) is 14.4 Å². The zero-order chi connectivity index (χ0) is 32.0. The van der Waals surface area contributed by atoms with E-state index in [0.29, 0.717) is 20.2 Å². The predicted molar refractivity (Wildman–Crippen MR) is 171 cm³/mol. The molecule has 0 spiro atoms. The van der Waals surface area contributed by atoms with E-state index in [2.05, 4.69) is 20.0 Å². The molecule has 1 saturated heterocycles. The van der Waals surface area contributed by atoms with Crippen LogP contribution in [0.15, 0.2) is 109 Å². The number of rotatable bonds is 9. The Morgan fingerprint density at radius 3 is 1.93 bits per heavy atom. The lowest BCUT2D eigenvalue weighted by Gasteiger charge is -2.25. The van der Waals surface area contributed by atoms with Crippen LogP contribution in [0.4, 0.5) is 5.82 Å². The van der Waals surface area contributed by atoms with Crippen molar-refractivity contribution in [3.8, 4) is 0 Å². The van der Waals surface area contributed by atoms with Crippen molar-refractivity contribution in [2.45, 2.75) is 24.5 Å². The molecule has 0 saturated carbocycles. The minimum atomic E-state index is -1.25. The van der Waals surface area contributed by atoms with Crippen LogP contribution >= 0.6 is 22.6 Å². The van der Waals surface area contributed by atoms with Gasteiger partial charge in [0, 0.05) is 14.7 Å². The summed E-state index contributed by atoms with van der Waals surface area (Å²) in [7, 11) is 0. The van der Waals surface area contributed by atoms with Crippen molar-refractivity contribution in [3.63, 3.8) is 0 Å². The molecule has 230 valence electrons. The monoisotopic (exact) mass is 730 g/mol. The van der Waals surface area contributed by atoms with E-state index in [1.807, 2.05) is 22.6 Å². The molecule has 1 aliphatic heterocycles. The predicted octanol–water partition coefficient (Wildman–Crippen LogP) is 6.18. The summed E-state index contributed by atoms with van der Waals surface area (Å²) in [5.41, 5.74) is 10.2. The Morgan fingerprint density at radius 2 is 1.37 bits per heavy atom. The number of carbonyl (C=O) groups is 3. The average Bonchev–Trinajstić information content (AvgIpc) is 3.61. The first kappa shape index (κ1) is 30.7. The molecule has 0 amide bonds. The molecular weight excluding hydrogens is 707 g/mol. The summed E-state index contributed by atoms with van der Waals surface area (Å²) in [4.78, 5) is 51.0. The second-order valence-electron chi connectivity index (χ2n) is 9.97. The Bertz CT molecular complexity index is 1930. The fourth-order valence-electron chi connectivity index (χ4n) is 5.02. The third-order valence-electron chi connectivity index (χ3n) is 7.14. The van der Waals surface area contributed by atoms with Crippen LogP contribution in [0.5, 0.6) is 0 Å². The number of azide groups is 1. The van der Waals surface area contributed by atoms with Gasteiger partial charge in [-0.15, -0.1) is 0 Å². The summed E-state index contributed by atoms with van der Waals surface area (Å²) < 4.78 is 26.2. The van der Waals surface area contributed by atoms with Crippen LogP contribution in [0.2, 0.25) is 0 Å². The van der Waals surface area contributed by atoms with E-state index < -0.39 is 42.4 Å². The van der Waals surface area contributed by atoms with Gasteiger partial charge in [0.25, 0.3) is 0 Å². The molecule has 13 nitrogen and oxygen atoms in total. The van der Waals surface area contributed by atoms with Gasteiger partial charge in [0.2, 0.25) is 0 Å². The fourth-order valence-corrected chi connectivity index (χ4v) is 5.80. The lowest BCUT2D eigenvalue weighted by Crippen LogP contribution is -2.41. The lowest BCUT2D eigenvalue weighted by atomic mass is 10.1. The van der Waals surface area contributed by atoms with Gasteiger partial charge in [-0.2, -0.15) is 0 Å². The van der Waals surface area contributed by atoms with Gasteiger partial charge in [-0.25, -0.2) is 24.4 Å². The fraction of sp³-hybridized carbons (Fsp3) is 0.156. The van der Waals surface area contributed by atoms with Gasteiger partial charge < -0.3 is 23.5 Å². The molecule has 46 heavy (non-hydrogen) atoms. The SMILES string of the molecule is [N-]=[N+]=Nc1ncnc2c1c(I)cn2[C@@H]1O[C@H](COC(=O)c2ccccc2)[C@@H](OC(=O)c2ccccc2)[C@H]1OC(=O)c1ccccc1. The summed E-state index contributed by atoms with van der Waals surface area (Å²) in [6.07, 6.45) is -1.79. The van der Waals surface area contributed by atoms with Gasteiger partial charge in [0.1, 0.15) is 30.5 Å². The topological polar surface area (TPSA) is 168 Å². The zero-order valence-electron chi connectivity index (χ0n) is 23.8. The normalized spacial score (nSPS) is 18.8. The van der Waals surface area contributed by atoms with Crippen molar-refractivity contribution in [3.05, 3.63) is 134 Å².